The molecule has 0 aromatic heterocycles. The van der Waals surface area contributed by atoms with E-state index in [2.05, 4.69) is 5.32 Å². The molecule has 3 heteroatoms. The number of rotatable bonds is 5. The molecular formula is C12H19FN2. The zero-order chi connectivity index (χ0) is 11.3. The third-order valence-electron chi connectivity index (χ3n) is 2.49. The van der Waals surface area contributed by atoms with Gasteiger partial charge in [0.1, 0.15) is 5.82 Å². The van der Waals surface area contributed by atoms with Gasteiger partial charge < -0.3 is 11.1 Å². The van der Waals surface area contributed by atoms with Crippen molar-refractivity contribution in [2.75, 3.05) is 19.6 Å². The Kier molecular flexibility index (Phi) is 4.24. The Morgan fingerprint density at radius 1 is 1.33 bits per heavy atom. The minimum atomic E-state index is -0.208. The van der Waals surface area contributed by atoms with Gasteiger partial charge in [0, 0.05) is 25.0 Å². The van der Waals surface area contributed by atoms with Crippen molar-refractivity contribution in [1.82, 2.24) is 5.32 Å². The van der Waals surface area contributed by atoms with Gasteiger partial charge >= 0.3 is 0 Å². The Balaban J connectivity index is 2.72. The zero-order valence-corrected chi connectivity index (χ0v) is 9.39. The molecule has 0 amide bonds. The van der Waals surface area contributed by atoms with Crippen LogP contribution in [0.15, 0.2) is 24.3 Å². The molecule has 0 spiro atoms. The first kappa shape index (κ1) is 12.1. The molecule has 1 aromatic carbocycles. The van der Waals surface area contributed by atoms with Gasteiger partial charge in [-0.05, 0) is 11.6 Å². The van der Waals surface area contributed by atoms with E-state index in [0.717, 1.165) is 18.7 Å². The van der Waals surface area contributed by atoms with Crippen molar-refractivity contribution in [3.05, 3.63) is 35.6 Å². The lowest BCUT2D eigenvalue weighted by Gasteiger charge is -2.26. The monoisotopic (exact) mass is 210 g/mol. The van der Waals surface area contributed by atoms with Crippen molar-refractivity contribution in [1.29, 1.82) is 0 Å². The van der Waals surface area contributed by atoms with Gasteiger partial charge in [0.25, 0.3) is 0 Å². The average molecular weight is 210 g/mol. The van der Waals surface area contributed by atoms with Crippen LogP contribution in [0.2, 0.25) is 0 Å². The smallest absolute Gasteiger partial charge is 0.126 e. The summed E-state index contributed by atoms with van der Waals surface area (Å²) < 4.78 is 13.5. The van der Waals surface area contributed by atoms with E-state index in [1.807, 2.05) is 26.0 Å². The minimum absolute atomic E-state index is 0.142. The molecule has 0 heterocycles. The Labute approximate surface area is 90.7 Å². The SMILES string of the molecule is CC(C)(CNCCN)c1ccccc1F. The lowest BCUT2D eigenvalue weighted by molar-refractivity contribution is 0.448. The summed E-state index contributed by atoms with van der Waals surface area (Å²) in [7, 11) is 0. The molecule has 0 aliphatic rings. The van der Waals surface area contributed by atoms with Crippen molar-refractivity contribution in [2.24, 2.45) is 5.73 Å². The molecular weight excluding hydrogens is 191 g/mol. The predicted molar refractivity (Wildman–Crippen MR) is 61.4 cm³/mol. The predicted octanol–water partition coefficient (Wildman–Crippen LogP) is 1.65. The molecule has 0 saturated carbocycles. The summed E-state index contributed by atoms with van der Waals surface area (Å²) in [4.78, 5) is 0. The molecule has 0 unspecified atom stereocenters. The van der Waals surface area contributed by atoms with Gasteiger partial charge in [-0.1, -0.05) is 32.0 Å². The number of benzene rings is 1. The summed E-state index contributed by atoms with van der Waals surface area (Å²) in [5, 5.41) is 3.21. The van der Waals surface area contributed by atoms with E-state index in [-0.39, 0.29) is 11.2 Å². The Bertz CT molecular complexity index is 310. The molecule has 0 fully saturated rings. The highest BCUT2D eigenvalue weighted by atomic mass is 19.1. The zero-order valence-electron chi connectivity index (χ0n) is 9.39. The topological polar surface area (TPSA) is 38.0 Å². The molecule has 0 aliphatic heterocycles. The summed E-state index contributed by atoms with van der Waals surface area (Å²) in [6.07, 6.45) is 0. The lowest BCUT2D eigenvalue weighted by Crippen LogP contribution is -2.36. The fourth-order valence-electron chi connectivity index (χ4n) is 1.61. The van der Waals surface area contributed by atoms with Crippen molar-refractivity contribution in [3.63, 3.8) is 0 Å². The molecule has 0 atom stereocenters. The largest absolute Gasteiger partial charge is 0.329 e. The van der Waals surface area contributed by atoms with E-state index in [0.29, 0.717) is 6.54 Å². The van der Waals surface area contributed by atoms with Crippen LogP contribution >= 0.6 is 0 Å². The lowest BCUT2D eigenvalue weighted by atomic mass is 9.84. The van der Waals surface area contributed by atoms with E-state index in [4.69, 9.17) is 5.73 Å². The maximum atomic E-state index is 13.5. The second-order valence-corrected chi connectivity index (χ2v) is 4.33. The molecule has 0 saturated heterocycles. The first-order chi connectivity index (χ1) is 7.08. The standard InChI is InChI=1S/C12H19FN2/c1-12(2,9-15-8-7-14)10-5-3-4-6-11(10)13/h3-6,15H,7-9,14H2,1-2H3. The van der Waals surface area contributed by atoms with E-state index < -0.39 is 0 Å². The third-order valence-corrected chi connectivity index (χ3v) is 2.49. The molecule has 1 rings (SSSR count). The molecule has 2 nitrogen and oxygen atoms in total. The number of nitrogens with one attached hydrogen (secondary N) is 1. The summed E-state index contributed by atoms with van der Waals surface area (Å²) in [6, 6.07) is 6.91. The van der Waals surface area contributed by atoms with Crippen LogP contribution in [-0.2, 0) is 5.41 Å². The van der Waals surface area contributed by atoms with E-state index in [1.54, 1.807) is 6.07 Å². The average Bonchev–Trinajstić information content (AvgIpc) is 2.18. The maximum Gasteiger partial charge on any atom is 0.126 e. The van der Waals surface area contributed by atoms with Crippen molar-refractivity contribution < 1.29 is 4.39 Å². The number of halogens is 1. The Morgan fingerprint density at radius 3 is 2.60 bits per heavy atom. The van der Waals surface area contributed by atoms with E-state index in [9.17, 15) is 4.39 Å². The maximum absolute atomic E-state index is 13.5. The highest BCUT2D eigenvalue weighted by Gasteiger charge is 2.22. The summed E-state index contributed by atoms with van der Waals surface area (Å²) >= 11 is 0. The highest BCUT2D eigenvalue weighted by molar-refractivity contribution is 5.25. The number of hydrogen-bond acceptors (Lipinski definition) is 2. The van der Waals surface area contributed by atoms with Gasteiger partial charge in [-0.15, -0.1) is 0 Å². The molecule has 0 bridgehead atoms. The molecule has 3 N–H and O–H groups in total. The Morgan fingerprint density at radius 2 is 2.00 bits per heavy atom. The van der Waals surface area contributed by atoms with Gasteiger partial charge in [-0.25, -0.2) is 4.39 Å². The van der Waals surface area contributed by atoms with Crippen LogP contribution in [0, 0.1) is 5.82 Å². The summed E-state index contributed by atoms with van der Waals surface area (Å²) in [6.45, 7) is 6.14. The van der Waals surface area contributed by atoms with E-state index in [1.165, 1.54) is 6.07 Å². The molecule has 15 heavy (non-hydrogen) atoms. The van der Waals surface area contributed by atoms with Crippen LogP contribution in [0.4, 0.5) is 4.39 Å². The third kappa shape index (κ3) is 3.29. The van der Waals surface area contributed by atoms with Crippen LogP contribution in [0.3, 0.4) is 0 Å². The normalized spacial score (nSPS) is 11.7. The quantitative estimate of drug-likeness (QED) is 0.725. The van der Waals surface area contributed by atoms with E-state index >= 15 is 0 Å². The van der Waals surface area contributed by atoms with Crippen LogP contribution in [-0.4, -0.2) is 19.6 Å². The molecule has 0 radical (unpaired) electrons. The van der Waals surface area contributed by atoms with Crippen LogP contribution in [0.1, 0.15) is 19.4 Å². The van der Waals surface area contributed by atoms with Crippen LogP contribution in [0.5, 0.6) is 0 Å². The number of nitrogens with two attached hydrogens (primary N) is 1. The fourth-order valence-corrected chi connectivity index (χ4v) is 1.61. The van der Waals surface area contributed by atoms with Gasteiger partial charge in [0.15, 0.2) is 0 Å². The van der Waals surface area contributed by atoms with Crippen LogP contribution < -0.4 is 11.1 Å². The molecule has 84 valence electrons. The second kappa shape index (κ2) is 5.24. The molecule has 0 aliphatic carbocycles. The second-order valence-electron chi connectivity index (χ2n) is 4.33. The van der Waals surface area contributed by atoms with Crippen molar-refractivity contribution >= 4 is 0 Å². The number of hydrogen-bond donors (Lipinski definition) is 2. The van der Waals surface area contributed by atoms with Gasteiger partial charge in [0.05, 0.1) is 0 Å². The fraction of sp³-hybridized carbons (Fsp3) is 0.500. The van der Waals surface area contributed by atoms with Gasteiger partial charge in [-0.2, -0.15) is 0 Å². The first-order valence-corrected chi connectivity index (χ1v) is 5.24. The highest BCUT2D eigenvalue weighted by Crippen LogP contribution is 2.24. The molecule has 1 aromatic rings. The first-order valence-electron chi connectivity index (χ1n) is 5.24. The minimum Gasteiger partial charge on any atom is -0.329 e. The van der Waals surface area contributed by atoms with Gasteiger partial charge in [0.2, 0.25) is 0 Å². The Hall–Kier alpha value is -0.930. The van der Waals surface area contributed by atoms with Crippen molar-refractivity contribution in [2.45, 2.75) is 19.3 Å². The van der Waals surface area contributed by atoms with Crippen LogP contribution in [0.25, 0.3) is 0 Å². The summed E-state index contributed by atoms with van der Waals surface area (Å²) in [5.74, 6) is -0.142. The van der Waals surface area contributed by atoms with Crippen molar-refractivity contribution in [3.8, 4) is 0 Å². The summed E-state index contributed by atoms with van der Waals surface area (Å²) in [5.41, 5.74) is 5.93. The van der Waals surface area contributed by atoms with Gasteiger partial charge in [-0.3, -0.25) is 0 Å².